The Morgan fingerprint density at radius 1 is 1.38 bits per heavy atom. The van der Waals surface area contributed by atoms with Crippen LogP contribution < -0.4 is 5.32 Å². The summed E-state index contributed by atoms with van der Waals surface area (Å²) in [5.74, 6) is 0. The van der Waals surface area contributed by atoms with E-state index in [1.165, 1.54) is 9.75 Å². The first-order valence-corrected chi connectivity index (χ1v) is 10.6. The quantitative estimate of drug-likeness (QED) is 0.704. The number of carbonyl (C=O) groups is 1. The van der Waals surface area contributed by atoms with Crippen molar-refractivity contribution >= 4 is 44.6 Å². The summed E-state index contributed by atoms with van der Waals surface area (Å²) in [5, 5.41) is 5.10. The number of hydrogen-bond donors (Lipinski definition) is 1. The lowest BCUT2D eigenvalue weighted by Gasteiger charge is -2.25. The molecule has 1 fully saturated rings. The van der Waals surface area contributed by atoms with Gasteiger partial charge in [-0.15, -0.1) is 22.7 Å². The van der Waals surface area contributed by atoms with Gasteiger partial charge in [-0.2, -0.15) is 0 Å². The fourth-order valence-corrected chi connectivity index (χ4v) is 4.94. The molecule has 1 saturated heterocycles. The minimum atomic E-state index is -0.00507. The second kappa shape index (κ2) is 8.99. The average molecular weight is 429 g/mol. The van der Waals surface area contributed by atoms with E-state index >= 15 is 0 Å². The molecule has 1 unspecified atom stereocenters. The van der Waals surface area contributed by atoms with Crippen molar-refractivity contribution in [1.29, 1.82) is 0 Å². The Bertz CT molecular complexity index is 639. The van der Waals surface area contributed by atoms with Gasteiger partial charge in [0.25, 0.3) is 0 Å². The van der Waals surface area contributed by atoms with Gasteiger partial charge in [-0.1, -0.05) is 6.07 Å². The molecule has 2 aromatic heterocycles. The summed E-state index contributed by atoms with van der Waals surface area (Å²) in [7, 11) is 0. The molecule has 3 heterocycles. The number of amides is 2. The first-order chi connectivity index (χ1) is 11.7. The molecule has 130 valence electrons. The Morgan fingerprint density at radius 3 is 2.96 bits per heavy atom. The summed E-state index contributed by atoms with van der Waals surface area (Å²) >= 11 is 6.86. The zero-order valence-corrected chi connectivity index (χ0v) is 16.6. The molecule has 24 heavy (non-hydrogen) atoms. The molecule has 0 bridgehead atoms. The Morgan fingerprint density at radius 2 is 2.29 bits per heavy atom. The molecule has 0 aromatic carbocycles. The zero-order chi connectivity index (χ0) is 16.8. The molecule has 2 aromatic rings. The Balaban J connectivity index is 1.52. The van der Waals surface area contributed by atoms with Crippen molar-refractivity contribution < 1.29 is 9.53 Å². The number of ether oxygens (including phenoxy) is 1. The third-order valence-electron chi connectivity index (χ3n) is 3.94. The third-order valence-corrected chi connectivity index (χ3v) is 6.48. The topological polar surface area (TPSA) is 41.6 Å². The maximum Gasteiger partial charge on any atom is 0.317 e. The van der Waals surface area contributed by atoms with Crippen LogP contribution in [0.2, 0.25) is 0 Å². The number of nitrogens with one attached hydrogen (secondary N) is 1. The fourth-order valence-electron chi connectivity index (χ4n) is 2.73. The number of urea groups is 1. The highest BCUT2D eigenvalue weighted by molar-refractivity contribution is 9.11. The first kappa shape index (κ1) is 17.9. The van der Waals surface area contributed by atoms with E-state index in [9.17, 15) is 4.79 Å². The number of rotatable bonds is 7. The van der Waals surface area contributed by atoms with Crippen LogP contribution >= 0.6 is 38.6 Å². The average Bonchev–Trinajstić information content (AvgIpc) is 3.30. The van der Waals surface area contributed by atoms with Gasteiger partial charge < -0.3 is 15.0 Å². The Labute approximate surface area is 159 Å². The van der Waals surface area contributed by atoms with Crippen LogP contribution in [0.3, 0.4) is 0 Å². The molecular formula is C17H21BrN2O2S2. The van der Waals surface area contributed by atoms with Crippen LogP contribution in [-0.2, 0) is 17.7 Å². The highest BCUT2D eigenvalue weighted by Crippen LogP contribution is 2.22. The van der Waals surface area contributed by atoms with Crippen LogP contribution in [0.25, 0.3) is 0 Å². The van der Waals surface area contributed by atoms with Crippen LogP contribution in [0, 0.1) is 0 Å². The van der Waals surface area contributed by atoms with Crippen LogP contribution in [0.15, 0.2) is 33.4 Å². The normalized spacial score (nSPS) is 17.1. The van der Waals surface area contributed by atoms with E-state index in [1.54, 1.807) is 22.7 Å². The summed E-state index contributed by atoms with van der Waals surface area (Å²) in [6.07, 6.45) is 3.16. The van der Waals surface area contributed by atoms with Gasteiger partial charge in [-0.25, -0.2) is 4.79 Å². The number of thiophene rings is 2. The predicted octanol–water partition coefficient (Wildman–Crippen LogP) is 4.51. The molecule has 0 aliphatic carbocycles. The van der Waals surface area contributed by atoms with Gasteiger partial charge >= 0.3 is 6.03 Å². The number of nitrogens with zero attached hydrogens (tertiary/aromatic N) is 1. The SMILES string of the molecule is O=C(NCCc1ccc(Br)s1)N(Cc1cccs1)CC1CCCO1. The standard InChI is InChI=1S/C17H21BrN2O2S2/c18-16-6-5-14(24-16)7-8-19-17(21)20(11-13-3-1-9-22-13)12-15-4-2-10-23-15/h2,4-6,10,13H,1,3,7-9,11-12H2,(H,19,21). The summed E-state index contributed by atoms with van der Waals surface area (Å²) in [5.41, 5.74) is 0. The number of carbonyl (C=O) groups excluding carboxylic acids is 1. The summed E-state index contributed by atoms with van der Waals surface area (Å²) in [6, 6.07) is 8.23. The maximum absolute atomic E-state index is 12.6. The van der Waals surface area contributed by atoms with Gasteiger partial charge in [0.05, 0.1) is 16.4 Å². The molecule has 2 amide bonds. The predicted molar refractivity (Wildman–Crippen MR) is 103 cm³/mol. The maximum atomic E-state index is 12.6. The second-order valence-corrected chi connectivity index (χ2v) is 9.36. The van der Waals surface area contributed by atoms with E-state index in [0.29, 0.717) is 19.6 Å². The number of halogens is 1. The fraction of sp³-hybridized carbons (Fsp3) is 0.471. The highest BCUT2D eigenvalue weighted by atomic mass is 79.9. The molecule has 1 aliphatic heterocycles. The van der Waals surface area contributed by atoms with Gasteiger partial charge in [-0.3, -0.25) is 0 Å². The smallest absolute Gasteiger partial charge is 0.317 e. The molecule has 0 spiro atoms. The van der Waals surface area contributed by atoms with Crippen LogP contribution in [0.5, 0.6) is 0 Å². The molecule has 0 radical (unpaired) electrons. The van der Waals surface area contributed by atoms with Crippen molar-refractivity contribution in [3.05, 3.63) is 43.2 Å². The molecule has 1 N–H and O–H groups in total. The van der Waals surface area contributed by atoms with Crippen molar-refractivity contribution in [2.75, 3.05) is 19.7 Å². The van der Waals surface area contributed by atoms with Crippen LogP contribution in [-0.4, -0.2) is 36.7 Å². The molecular weight excluding hydrogens is 408 g/mol. The van der Waals surface area contributed by atoms with E-state index < -0.39 is 0 Å². The van der Waals surface area contributed by atoms with Crippen molar-refractivity contribution in [2.24, 2.45) is 0 Å². The zero-order valence-electron chi connectivity index (χ0n) is 13.4. The highest BCUT2D eigenvalue weighted by Gasteiger charge is 2.22. The van der Waals surface area contributed by atoms with E-state index in [4.69, 9.17) is 4.74 Å². The molecule has 1 atom stereocenters. The van der Waals surface area contributed by atoms with Crippen molar-refractivity contribution in [2.45, 2.75) is 31.9 Å². The van der Waals surface area contributed by atoms with Crippen LogP contribution in [0.1, 0.15) is 22.6 Å². The van der Waals surface area contributed by atoms with E-state index in [0.717, 1.165) is 29.7 Å². The van der Waals surface area contributed by atoms with E-state index in [2.05, 4.69) is 33.4 Å². The second-order valence-electron chi connectivity index (χ2n) is 5.78. The molecule has 4 nitrogen and oxygen atoms in total. The Kier molecular flexibility index (Phi) is 6.71. The minimum absolute atomic E-state index is 0.00507. The van der Waals surface area contributed by atoms with Crippen LogP contribution in [0.4, 0.5) is 4.79 Å². The molecule has 0 saturated carbocycles. The van der Waals surface area contributed by atoms with Gasteiger partial charge in [0.1, 0.15) is 0 Å². The van der Waals surface area contributed by atoms with Crippen molar-refractivity contribution in [3.8, 4) is 0 Å². The van der Waals surface area contributed by atoms with Gasteiger partial charge in [0.15, 0.2) is 0 Å². The lowest BCUT2D eigenvalue weighted by atomic mass is 10.2. The van der Waals surface area contributed by atoms with Crippen molar-refractivity contribution in [3.63, 3.8) is 0 Å². The monoisotopic (exact) mass is 428 g/mol. The van der Waals surface area contributed by atoms with Gasteiger partial charge in [-0.05, 0) is 58.8 Å². The van der Waals surface area contributed by atoms with Gasteiger partial charge in [0, 0.05) is 29.5 Å². The lowest BCUT2D eigenvalue weighted by Crippen LogP contribution is -2.43. The van der Waals surface area contributed by atoms with Gasteiger partial charge in [0.2, 0.25) is 0 Å². The lowest BCUT2D eigenvalue weighted by molar-refractivity contribution is 0.0798. The van der Waals surface area contributed by atoms with E-state index in [-0.39, 0.29) is 12.1 Å². The summed E-state index contributed by atoms with van der Waals surface area (Å²) in [4.78, 5) is 17.0. The molecule has 7 heteroatoms. The van der Waals surface area contributed by atoms with Crippen molar-refractivity contribution in [1.82, 2.24) is 10.2 Å². The first-order valence-electron chi connectivity index (χ1n) is 8.11. The third kappa shape index (κ3) is 5.31. The summed E-state index contributed by atoms with van der Waals surface area (Å²) < 4.78 is 6.83. The largest absolute Gasteiger partial charge is 0.376 e. The summed E-state index contributed by atoms with van der Waals surface area (Å²) in [6.45, 7) is 2.77. The van der Waals surface area contributed by atoms with E-state index in [1.807, 2.05) is 22.4 Å². The molecule has 1 aliphatic rings. The minimum Gasteiger partial charge on any atom is -0.376 e. The Hall–Kier alpha value is -0.890. The number of hydrogen-bond acceptors (Lipinski definition) is 4. The molecule has 3 rings (SSSR count).